The van der Waals surface area contributed by atoms with Crippen molar-refractivity contribution < 1.29 is 17.9 Å². The summed E-state index contributed by atoms with van der Waals surface area (Å²) in [6.45, 7) is 9.70. The molecule has 2 aromatic carbocycles. The number of nitrogens with zero attached hydrogens (tertiary/aromatic N) is 1. The van der Waals surface area contributed by atoms with Crippen LogP contribution < -0.4 is 14.8 Å². The summed E-state index contributed by atoms with van der Waals surface area (Å²) in [6.07, 6.45) is 0. The lowest BCUT2D eigenvalue weighted by Crippen LogP contribution is -2.17. The number of aromatic nitrogens is 1. The minimum atomic E-state index is -3.91. The molecule has 0 saturated heterocycles. The van der Waals surface area contributed by atoms with Gasteiger partial charge < -0.3 is 14.6 Å². The molecule has 1 amide bonds. The maximum absolute atomic E-state index is 13.1. The summed E-state index contributed by atoms with van der Waals surface area (Å²) in [7, 11) is -2.43. The molecule has 0 aliphatic heterocycles. The van der Waals surface area contributed by atoms with E-state index in [4.69, 9.17) is 4.74 Å². The average molecular weight is 456 g/mol. The Morgan fingerprint density at radius 2 is 1.72 bits per heavy atom. The van der Waals surface area contributed by atoms with Gasteiger partial charge >= 0.3 is 0 Å². The number of aryl methyl sites for hydroxylation is 2. The molecule has 3 rings (SSSR count). The third-order valence-electron chi connectivity index (χ3n) is 5.33. The number of hydrogen-bond acceptors (Lipinski definition) is 4. The van der Waals surface area contributed by atoms with Gasteiger partial charge in [0.2, 0.25) is 0 Å². The molecule has 7 nitrogen and oxygen atoms in total. The molecule has 0 unspecified atom stereocenters. The van der Waals surface area contributed by atoms with Gasteiger partial charge in [0.1, 0.15) is 5.75 Å². The standard InChI is InChI=1S/C24H29N3O4S/c1-15(2)27-17(4)13-20(18(27)5)24(28)25-19-12-11-16(3)23(14-19)32(29,30)26-21-9-7-8-10-22(21)31-6/h7-15,26H,1-6H3,(H,25,28). The molecule has 0 radical (unpaired) electrons. The molecule has 8 heteroatoms. The highest BCUT2D eigenvalue weighted by molar-refractivity contribution is 7.92. The van der Waals surface area contributed by atoms with Crippen LogP contribution in [-0.4, -0.2) is 26.0 Å². The van der Waals surface area contributed by atoms with Crippen LogP contribution >= 0.6 is 0 Å². The van der Waals surface area contributed by atoms with Crippen LogP contribution in [0.15, 0.2) is 53.4 Å². The number of benzene rings is 2. The first kappa shape index (κ1) is 23.4. The molecule has 1 aromatic heterocycles. The Balaban J connectivity index is 1.91. The second kappa shape index (κ2) is 9.08. The molecule has 0 atom stereocenters. The fraction of sp³-hybridized carbons (Fsp3) is 0.292. The number of anilines is 2. The van der Waals surface area contributed by atoms with Crippen molar-refractivity contribution in [3.63, 3.8) is 0 Å². The quantitative estimate of drug-likeness (QED) is 0.521. The number of hydrogen-bond donors (Lipinski definition) is 2. The predicted molar refractivity (Wildman–Crippen MR) is 127 cm³/mol. The van der Waals surface area contributed by atoms with E-state index in [2.05, 4.69) is 28.5 Å². The van der Waals surface area contributed by atoms with Crippen molar-refractivity contribution in [2.24, 2.45) is 0 Å². The van der Waals surface area contributed by atoms with Gasteiger partial charge in [0, 0.05) is 23.1 Å². The Hall–Kier alpha value is -3.26. The molecule has 0 saturated carbocycles. The smallest absolute Gasteiger partial charge is 0.262 e. The lowest BCUT2D eigenvalue weighted by Gasteiger charge is -2.15. The van der Waals surface area contributed by atoms with E-state index >= 15 is 0 Å². The van der Waals surface area contributed by atoms with Gasteiger partial charge in [-0.15, -0.1) is 0 Å². The van der Waals surface area contributed by atoms with E-state index in [1.54, 1.807) is 43.3 Å². The van der Waals surface area contributed by atoms with Crippen LogP contribution in [0.2, 0.25) is 0 Å². The summed E-state index contributed by atoms with van der Waals surface area (Å²) < 4.78 is 36.1. The first-order valence-electron chi connectivity index (χ1n) is 10.3. The molecule has 0 aliphatic carbocycles. The molecule has 0 aliphatic rings. The number of carbonyl (C=O) groups excluding carboxylic acids is 1. The van der Waals surface area contributed by atoms with Crippen molar-refractivity contribution in [1.82, 2.24) is 4.57 Å². The Kier molecular flexibility index (Phi) is 6.64. The number of para-hydroxylation sites is 2. The van der Waals surface area contributed by atoms with Gasteiger partial charge in [-0.1, -0.05) is 18.2 Å². The SMILES string of the molecule is COc1ccccc1NS(=O)(=O)c1cc(NC(=O)c2cc(C)n(C(C)C)c2C)ccc1C. The molecule has 3 aromatic rings. The number of amides is 1. The molecule has 32 heavy (non-hydrogen) atoms. The van der Waals surface area contributed by atoms with Crippen molar-refractivity contribution in [3.05, 3.63) is 71.0 Å². The summed E-state index contributed by atoms with van der Waals surface area (Å²) >= 11 is 0. The molecule has 0 fully saturated rings. The summed E-state index contributed by atoms with van der Waals surface area (Å²) in [5.74, 6) is 0.133. The Bertz CT molecular complexity index is 1260. The molecule has 0 spiro atoms. The van der Waals surface area contributed by atoms with Crippen LogP contribution in [0.4, 0.5) is 11.4 Å². The highest BCUT2D eigenvalue weighted by atomic mass is 32.2. The van der Waals surface area contributed by atoms with Gasteiger partial charge in [0.15, 0.2) is 0 Å². The minimum absolute atomic E-state index is 0.0776. The highest BCUT2D eigenvalue weighted by Gasteiger charge is 2.21. The van der Waals surface area contributed by atoms with Gasteiger partial charge in [0.25, 0.3) is 15.9 Å². The maximum Gasteiger partial charge on any atom is 0.262 e. The predicted octanol–water partition coefficient (Wildman–Crippen LogP) is 5.06. The van der Waals surface area contributed by atoms with Gasteiger partial charge in [-0.25, -0.2) is 8.42 Å². The second-order valence-electron chi connectivity index (χ2n) is 7.99. The van der Waals surface area contributed by atoms with Gasteiger partial charge in [-0.05, 0) is 70.5 Å². The van der Waals surface area contributed by atoms with E-state index in [9.17, 15) is 13.2 Å². The third kappa shape index (κ3) is 4.65. The molecular weight excluding hydrogens is 426 g/mol. The topological polar surface area (TPSA) is 89.4 Å². The average Bonchev–Trinajstić information content (AvgIpc) is 3.03. The fourth-order valence-corrected chi connectivity index (χ4v) is 5.24. The minimum Gasteiger partial charge on any atom is -0.495 e. The normalized spacial score (nSPS) is 11.5. The zero-order valence-electron chi connectivity index (χ0n) is 19.2. The maximum atomic E-state index is 13.1. The van der Waals surface area contributed by atoms with E-state index in [-0.39, 0.29) is 16.8 Å². The number of sulfonamides is 1. The summed E-state index contributed by atoms with van der Waals surface area (Å²) in [5, 5.41) is 2.84. The van der Waals surface area contributed by atoms with E-state index in [0.717, 1.165) is 11.4 Å². The third-order valence-corrected chi connectivity index (χ3v) is 6.84. The van der Waals surface area contributed by atoms with E-state index in [0.29, 0.717) is 28.3 Å². The molecule has 2 N–H and O–H groups in total. The van der Waals surface area contributed by atoms with Crippen molar-refractivity contribution >= 4 is 27.3 Å². The van der Waals surface area contributed by atoms with Crippen LogP contribution in [-0.2, 0) is 10.0 Å². The highest BCUT2D eigenvalue weighted by Crippen LogP contribution is 2.29. The fourth-order valence-electron chi connectivity index (χ4n) is 3.90. The van der Waals surface area contributed by atoms with Crippen LogP contribution in [0.3, 0.4) is 0 Å². The lowest BCUT2D eigenvalue weighted by molar-refractivity contribution is 0.102. The van der Waals surface area contributed by atoms with Crippen molar-refractivity contribution in [2.75, 3.05) is 17.1 Å². The monoisotopic (exact) mass is 455 g/mol. The zero-order valence-corrected chi connectivity index (χ0v) is 20.0. The van der Waals surface area contributed by atoms with Crippen LogP contribution in [0.1, 0.15) is 47.2 Å². The largest absolute Gasteiger partial charge is 0.495 e. The number of carbonyl (C=O) groups is 1. The number of ether oxygens (including phenoxy) is 1. The van der Waals surface area contributed by atoms with E-state index in [1.165, 1.54) is 13.2 Å². The van der Waals surface area contributed by atoms with Crippen molar-refractivity contribution in [2.45, 2.75) is 45.6 Å². The molecule has 0 bridgehead atoms. The second-order valence-corrected chi connectivity index (χ2v) is 9.64. The van der Waals surface area contributed by atoms with E-state index in [1.807, 2.05) is 19.9 Å². The van der Waals surface area contributed by atoms with Crippen LogP contribution in [0, 0.1) is 20.8 Å². The number of nitrogens with one attached hydrogen (secondary N) is 2. The summed E-state index contributed by atoms with van der Waals surface area (Å²) in [6, 6.07) is 13.7. The van der Waals surface area contributed by atoms with E-state index < -0.39 is 10.0 Å². The van der Waals surface area contributed by atoms with Crippen LogP contribution in [0.25, 0.3) is 0 Å². The number of methoxy groups -OCH3 is 1. The zero-order chi connectivity index (χ0) is 23.6. The van der Waals surface area contributed by atoms with Crippen molar-refractivity contribution in [3.8, 4) is 5.75 Å². The summed E-state index contributed by atoms with van der Waals surface area (Å²) in [5.41, 5.74) is 3.72. The number of rotatable bonds is 7. The molecule has 1 heterocycles. The first-order chi connectivity index (χ1) is 15.0. The molecule has 170 valence electrons. The summed E-state index contributed by atoms with van der Waals surface area (Å²) in [4.78, 5) is 13.0. The Labute approximate surface area is 189 Å². The Morgan fingerprint density at radius 3 is 2.34 bits per heavy atom. The lowest BCUT2D eigenvalue weighted by atomic mass is 10.2. The first-order valence-corrected chi connectivity index (χ1v) is 11.8. The Morgan fingerprint density at radius 1 is 1.03 bits per heavy atom. The van der Waals surface area contributed by atoms with Gasteiger partial charge in [-0.3, -0.25) is 9.52 Å². The molecular formula is C24H29N3O4S. The van der Waals surface area contributed by atoms with Gasteiger partial charge in [0.05, 0.1) is 23.3 Å². The van der Waals surface area contributed by atoms with Crippen LogP contribution in [0.5, 0.6) is 5.75 Å². The van der Waals surface area contributed by atoms with Gasteiger partial charge in [-0.2, -0.15) is 0 Å². The van der Waals surface area contributed by atoms with Crippen molar-refractivity contribution in [1.29, 1.82) is 0 Å².